The summed E-state index contributed by atoms with van der Waals surface area (Å²) in [6.45, 7) is 3.37. The van der Waals surface area contributed by atoms with Crippen molar-refractivity contribution in [3.8, 4) is 11.6 Å². The zero-order valence-electron chi connectivity index (χ0n) is 15.1. The molecule has 2 aromatic rings. The lowest BCUT2D eigenvalue weighted by Gasteiger charge is -2.36. The molecule has 2 amide bonds. The summed E-state index contributed by atoms with van der Waals surface area (Å²) < 4.78 is 10.4. The maximum absolute atomic E-state index is 12.4. The van der Waals surface area contributed by atoms with Gasteiger partial charge in [0.2, 0.25) is 5.88 Å². The molecule has 138 valence electrons. The average molecular weight is 356 g/mol. The molecule has 0 atom stereocenters. The third kappa shape index (κ3) is 4.17. The van der Waals surface area contributed by atoms with Crippen LogP contribution in [-0.2, 0) is 6.54 Å². The van der Waals surface area contributed by atoms with E-state index in [4.69, 9.17) is 9.47 Å². The Kier molecular flexibility index (Phi) is 5.78. The van der Waals surface area contributed by atoms with Crippen molar-refractivity contribution in [1.82, 2.24) is 15.2 Å². The number of aromatic nitrogens is 1. The van der Waals surface area contributed by atoms with Gasteiger partial charge in [0.1, 0.15) is 5.75 Å². The van der Waals surface area contributed by atoms with Gasteiger partial charge in [-0.2, -0.15) is 0 Å². The van der Waals surface area contributed by atoms with Crippen LogP contribution in [0.15, 0.2) is 42.6 Å². The number of pyridine rings is 1. The zero-order chi connectivity index (χ0) is 18.4. The Morgan fingerprint density at radius 1 is 1.08 bits per heavy atom. The monoisotopic (exact) mass is 356 g/mol. The number of ether oxygens (including phenoxy) is 2. The summed E-state index contributed by atoms with van der Waals surface area (Å²) in [5.41, 5.74) is 2.01. The second-order valence-corrected chi connectivity index (χ2v) is 6.00. The summed E-state index contributed by atoms with van der Waals surface area (Å²) in [4.78, 5) is 20.7. The van der Waals surface area contributed by atoms with Gasteiger partial charge in [0.15, 0.2) is 0 Å². The highest BCUT2D eigenvalue weighted by atomic mass is 16.5. The number of rotatable bonds is 5. The van der Waals surface area contributed by atoms with Crippen LogP contribution in [0.3, 0.4) is 0 Å². The van der Waals surface area contributed by atoms with Crippen molar-refractivity contribution in [2.45, 2.75) is 6.54 Å². The number of hydrogen-bond donors (Lipinski definition) is 1. The summed E-state index contributed by atoms with van der Waals surface area (Å²) in [7, 11) is 3.24. The summed E-state index contributed by atoms with van der Waals surface area (Å²) in [5.74, 6) is 1.38. The number of hydrogen-bond acceptors (Lipinski definition) is 5. The number of anilines is 1. The van der Waals surface area contributed by atoms with E-state index in [1.807, 2.05) is 41.3 Å². The number of carbonyl (C=O) groups is 1. The zero-order valence-corrected chi connectivity index (χ0v) is 15.1. The molecular formula is C19H24N4O3. The van der Waals surface area contributed by atoms with E-state index in [1.165, 1.54) is 0 Å². The molecule has 0 radical (unpaired) electrons. The molecule has 1 fully saturated rings. The van der Waals surface area contributed by atoms with Gasteiger partial charge >= 0.3 is 6.03 Å². The standard InChI is InChI=1S/C19H24N4O3/c1-25-17-7-5-16(6-8-17)22-10-12-23(13-11-22)19(24)21-14-15-4-3-9-20-18(15)26-2/h3-9H,10-14H2,1-2H3,(H,21,24). The molecule has 0 saturated carbocycles. The highest BCUT2D eigenvalue weighted by Gasteiger charge is 2.21. The molecule has 2 heterocycles. The third-order valence-electron chi connectivity index (χ3n) is 4.48. The van der Waals surface area contributed by atoms with Crippen molar-refractivity contribution in [3.63, 3.8) is 0 Å². The minimum atomic E-state index is -0.0645. The molecule has 1 aromatic heterocycles. The molecule has 3 rings (SSSR count). The van der Waals surface area contributed by atoms with Crippen molar-refractivity contribution in [2.75, 3.05) is 45.3 Å². The second-order valence-electron chi connectivity index (χ2n) is 6.00. The summed E-state index contributed by atoms with van der Waals surface area (Å²) in [6.07, 6.45) is 1.67. The smallest absolute Gasteiger partial charge is 0.317 e. The molecule has 1 aliphatic heterocycles. The predicted octanol–water partition coefficient (Wildman–Crippen LogP) is 2.13. The lowest BCUT2D eigenvalue weighted by atomic mass is 10.2. The maximum atomic E-state index is 12.4. The molecule has 0 unspecified atom stereocenters. The Bertz CT molecular complexity index is 728. The SMILES string of the molecule is COc1ccc(N2CCN(C(=O)NCc3cccnc3OC)CC2)cc1. The van der Waals surface area contributed by atoms with E-state index >= 15 is 0 Å². The van der Waals surface area contributed by atoms with Gasteiger partial charge < -0.3 is 24.6 Å². The number of methoxy groups -OCH3 is 2. The lowest BCUT2D eigenvalue weighted by molar-refractivity contribution is 0.194. The molecule has 1 saturated heterocycles. The number of carbonyl (C=O) groups excluding carboxylic acids is 1. The Hall–Kier alpha value is -2.96. The lowest BCUT2D eigenvalue weighted by Crippen LogP contribution is -2.51. The van der Waals surface area contributed by atoms with E-state index in [2.05, 4.69) is 15.2 Å². The molecule has 1 aliphatic rings. The molecule has 7 heteroatoms. The van der Waals surface area contributed by atoms with Crippen LogP contribution in [0.5, 0.6) is 11.6 Å². The van der Waals surface area contributed by atoms with Gasteiger partial charge in [-0.3, -0.25) is 0 Å². The van der Waals surface area contributed by atoms with Gasteiger partial charge in [-0.05, 0) is 30.3 Å². The topological polar surface area (TPSA) is 66.9 Å². The van der Waals surface area contributed by atoms with Crippen LogP contribution in [0.2, 0.25) is 0 Å². The van der Waals surface area contributed by atoms with Gasteiger partial charge in [-0.25, -0.2) is 9.78 Å². The summed E-state index contributed by atoms with van der Waals surface area (Å²) in [5, 5.41) is 2.95. The van der Waals surface area contributed by atoms with Crippen molar-refractivity contribution in [3.05, 3.63) is 48.2 Å². The average Bonchev–Trinajstić information content (AvgIpc) is 2.72. The number of urea groups is 1. The number of amides is 2. The van der Waals surface area contributed by atoms with E-state index in [0.717, 1.165) is 30.1 Å². The molecule has 26 heavy (non-hydrogen) atoms. The Morgan fingerprint density at radius 2 is 1.81 bits per heavy atom. The fourth-order valence-corrected chi connectivity index (χ4v) is 2.99. The highest BCUT2D eigenvalue weighted by Crippen LogP contribution is 2.20. The van der Waals surface area contributed by atoms with Gasteiger partial charge in [0, 0.05) is 50.2 Å². The largest absolute Gasteiger partial charge is 0.497 e. The fourth-order valence-electron chi connectivity index (χ4n) is 2.99. The highest BCUT2D eigenvalue weighted by molar-refractivity contribution is 5.74. The van der Waals surface area contributed by atoms with Crippen molar-refractivity contribution < 1.29 is 14.3 Å². The number of piperazine rings is 1. The van der Waals surface area contributed by atoms with E-state index in [9.17, 15) is 4.79 Å². The van der Waals surface area contributed by atoms with Gasteiger partial charge in [0.25, 0.3) is 0 Å². The van der Waals surface area contributed by atoms with Crippen molar-refractivity contribution in [2.24, 2.45) is 0 Å². The van der Waals surface area contributed by atoms with Gasteiger partial charge in [0.05, 0.1) is 14.2 Å². The quantitative estimate of drug-likeness (QED) is 0.889. The maximum Gasteiger partial charge on any atom is 0.317 e. The summed E-state index contributed by atoms with van der Waals surface area (Å²) in [6, 6.07) is 11.7. The normalized spacial score (nSPS) is 14.1. The minimum absolute atomic E-state index is 0.0645. The molecule has 0 spiro atoms. The van der Waals surface area contributed by atoms with Crippen LogP contribution in [0.25, 0.3) is 0 Å². The first kappa shape index (κ1) is 17.8. The molecular weight excluding hydrogens is 332 g/mol. The van der Waals surface area contributed by atoms with Crippen LogP contribution >= 0.6 is 0 Å². The number of nitrogens with one attached hydrogen (secondary N) is 1. The van der Waals surface area contributed by atoms with E-state index < -0.39 is 0 Å². The Morgan fingerprint density at radius 3 is 2.46 bits per heavy atom. The van der Waals surface area contributed by atoms with E-state index in [1.54, 1.807) is 20.4 Å². The molecule has 1 aromatic carbocycles. The van der Waals surface area contributed by atoms with Gasteiger partial charge in [-0.1, -0.05) is 6.07 Å². The van der Waals surface area contributed by atoms with Crippen LogP contribution < -0.4 is 19.7 Å². The molecule has 1 N–H and O–H groups in total. The minimum Gasteiger partial charge on any atom is -0.497 e. The first-order chi connectivity index (χ1) is 12.7. The van der Waals surface area contributed by atoms with Gasteiger partial charge in [-0.15, -0.1) is 0 Å². The van der Waals surface area contributed by atoms with Crippen LogP contribution in [-0.4, -0.2) is 56.3 Å². The van der Waals surface area contributed by atoms with E-state index in [-0.39, 0.29) is 6.03 Å². The van der Waals surface area contributed by atoms with Crippen molar-refractivity contribution >= 4 is 11.7 Å². The number of nitrogens with zero attached hydrogens (tertiary/aromatic N) is 3. The van der Waals surface area contributed by atoms with Crippen LogP contribution in [0.1, 0.15) is 5.56 Å². The first-order valence-electron chi connectivity index (χ1n) is 8.61. The van der Waals surface area contributed by atoms with Crippen molar-refractivity contribution in [1.29, 1.82) is 0 Å². The van der Waals surface area contributed by atoms with E-state index in [0.29, 0.717) is 25.5 Å². The van der Waals surface area contributed by atoms with Crippen LogP contribution in [0.4, 0.5) is 10.5 Å². The summed E-state index contributed by atoms with van der Waals surface area (Å²) >= 11 is 0. The molecule has 0 aliphatic carbocycles. The first-order valence-corrected chi connectivity index (χ1v) is 8.61. The third-order valence-corrected chi connectivity index (χ3v) is 4.48. The molecule has 7 nitrogen and oxygen atoms in total. The fraction of sp³-hybridized carbons (Fsp3) is 0.368. The second kappa shape index (κ2) is 8.42. The molecule has 0 bridgehead atoms. The number of benzene rings is 1. The Labute approximate surface area is 153 Å². The predicted molar refractivity (Wildman–Crippen MR) is 99.8 cm³/mol. The van der Waals surface area contributed by atoms with Crippen LogP contribution in [0, 0.1) is 0 Å². The Balaban J connectivity index is 1.50.